The van der Waals surface area contributed by atoms with Gasteiger partial charge in [-0.15, -0.1) is 0 Å². The molecule has 0 unspecified atom stereocenters. The first kappa shape index (κ1) is 12.9. The first-order valence-corrected chi connectivity index (χ1v) is 7.10. The van der Waals surface area contributed by atoms with Crippen molar-refractivity contribution in [3.8, 4) is 0 Å². The molecule has 0 aromatic rings. The average molecular weight is 238 g/mol. The predicted octanol–water partition coefficient (Wildman–Crippen LogP) is 2.17. The normalized spacial score (nSPS) is 25.9. The highest BCUT2D eigenvalue weighted by Gasteiger charge is 2.29. The summed E-state index contributed by atoms with van der Waals surface area (Å²) in [6.07, 6.45) is 7.33. The first-order chi connectivity index (χ1) is 8.07. The van der Waals surface area contributed by atoms with Gasteiger partial charge in [-0.3, -0.25) is 4.79 Å². The summed E-state index contributed by atoms with van der Waals surface area (Å²) < 4.78 is 0. The molecule has 2 aliphatic rings. The van der Waals surface area contributed by atoms with Gasteiger partial charge < -0.3 is 10.2 Å². The molecule has 1 N–H and O–H groups in total. The fourth-order valence-electron chi connectivity index (χ4n) is 3.12. The van der Waals surface area contributed by atoms with Crippen molar-refractivity contribution in [1.82, 2.24) is 10.2 Å². The maximum Gasteiger partial charge on any atom is 0.222 e. The third-order valence-corrected chi connectivity index (χ3v) is 4.11. The lowest BCUT2D eigenvalue weighted by molar-refractivity contribution is -0.134. The van der Waals surface area contributed by atoms with Crippen molar-refractivity contribution in [2.24, 2.45) is 5.92 Å². The van der Waals surface area contributed by atoms with Crippen molar-refractivity contribution < 1.29 is 4.79 Å². The van der Waals surface area contributed by atoms with Crippen LogP contribution in [0.5, 0.6) is 0 Å². The maximum absolute atomic E-state index is 12.3. The number of hydrogen-bond donors (Lipinski definition) is 1. The van der Waals surface area contributed by atoms with Crippen molar-refractivity contribution in [2.45, 2.75) is 57.9 Å². The van der Waals surface area contributed by atoms with Gasteiger partial charge >= 0.3 is 0 Å². The lowest BCUT2D eigenvalue weighted by Crippen LogP contribution is -2.58. The topological polar surface area (TPSA) is 32.3 Å². The molecule has 2 fully saturated rings. The van der Waals surface area contributed by atoms with Crippen LogP contribution in [0.2, 0.25) is 0 Å². The van der Waals surface area contributed by atoms with Crippen molar-refractivity contribution in [3.05, 3.63) is 0 Å². The van der Waals surface area contributed by atoms with Gasteiger partial charge in [0, 0.05) is 31.6 Å². The molecule has 0 atom stereocenters. The van der Waals surface area contributed by atoms with Gasteiger partial charge in [0.1, 0.15) is 0 Å². The smallest absolute Gasteiger partial charge is 0.222 e. The molecule has 1 aliphatic heterocycles. The number of nitrogens with zero attached hydrogens (tertiary/aromatic N) is 1. The maximum atomic E-state index is 12.3. The second-order valence-corrected chi connectivity index (χ2v) is 6.33. The van der Waals surface area contributed by atoms with Crippen LogP contribution in [-0.4, -0.2) is 36.0 Å². The van der Waals surface area contributed by atoms with E-state index in [4.69, 9.17) is 0 Å². The van der Waals surface area contributed by atoms with Crippen LogP contribution in [0.3, 0.4) is 0 Å². The SMILES string of the molecule is CC1(C)CN(C(=O)CC2CCCCC2)CCN1. The molecule has 0 aromatic heterocycles. The van der Waals surface area contributed by atoms with E-state index in [2.05, 4.69) is 24.1 Å². The molecule has 17 heavy (non-hydrogen) atoms. The zero-order valence-electron chi connectivity index (χ0n) is 11.3. The number of carbonyl (C=O) groups is 1. The van der Waals surface area contributed by atoms with Crippen molar-refractivity contribution >= 4 is 5.91 Å². The second kappa shape index (κ2) is 5.38. The van der Waals surface area contributed by atoms with Crippen molar-refractivity contribution in [3.63, 3.8) is 0 Å². The van der Waals surface area contributed by atoms with Crippen LogP contribution in [0.15, 0.2) is 0 Å². The van der Waals surface area contributed by atoms with Crippen LogP contribution in [0.25, 0.3) is 0 Å². The fourth-order valence-corrected chi connectivity index (χ4v) is 3.12. The highest BCUT2D eigenvalue weighted by atomic mass is 16.2. The minimum Gasteiger partial charge on any atom is -0.340 e. The standard InChI is InChI=1S/C14H26N2O/c1-14(2)11-16(9-8-15-14)13(17)10-12-6-4-3-5-7-12/h12,15H,3-11H2,1-2H3. The number of nitrogens with one attached hydrogen (secondary N) is 1. The fraction of sp³-hybridized carbons (Fsp3) is 0.929. The molecular formula is C14H26N2O. The number of hydrogen-bond acceptors (Lipinski definition) is 2. The van der Waals surface area contributed by atoms with Gasteiger partial charge in [-0.2, -0.15) is 0 Å². The van der Waals surface area contributed by atoms with E-state index in [0.717, 1.165) is 26.1 Å². The van der Waals surface area contributed by atoms with E-state index in [-0.39, 0.29) is 5.54 Å². The number of carbonyl (C=O) groups excluding carboxylic acids is 1. The summed E-state index contributed by atoms with van der Waals surface area (Å²) in [6, 6.07) is 0. The Morgan fingerprint density at radius 3 is 2.65 bits per heavy atom. The molecule has 0 bridgehead atoms. The van der Waals surface area contributed by atoms with Gasteiger partial charge in [-0.1, -0.05) is 19.3 Å². The molecule has 0 radical (unpaired) electrons. The summed E-state index contributed by atoms with van der Waals surface area (Å²) >= 11 is 0. The zero-order valence-corrected chi connectivity index (χ0v) is 11.3. The zero-order chi connectivity index (χ0) is 12.3. The molecule has 1 amide bonds. The highest BCUT2D eigenvalue weighted by Crippen LogP contribution is 2.27. The Labute approximate surface area is 105 Å². The summed E-state index contributed by atoms with van der Waals surface area (Å²) in [5, 5.41) is 3.45. The van der Waals surface area contributed by atoms with E-state index in [9.17, 15) is 4.79 Å². The van der Waals surface area contributed by atoms with E-state index in [1.165, 1.54) is 32.1 Å². The van der Waals surface area contributed by atoms with Crippen LogP contribution in [0.4, 0.5) is 0 Å². The number of rotatable bonds is 2. The molecule has 1 saturated heterocycles. The Kier molecular flexibility index (Phi) is 4.08. The molecular weight excluding hydrogens is 212 g/mol. The van der Waals surface area contributed by atoms with Crippen LogP contribution in [0.1, 0.15) is 52.4 Å². The minimum absolute atomic E-state index is 0.0838. The lowest BCUT2D eigenvalue weighted by Gasteiger charge is -2.39. The molecule has 0 spiro atoms. The molecule has 3 heteroatoms. The summed E-state index contributed by atoms with van der Waals surface area (Å²) in [5.74, 6) is 1.04. The van der Waals surface area contributed by atoms with Gasteiger partial charge in [0.05, 0.1) is 0 Å². The van der Waals surface area contributed by atoms with Crippen LogP contribution < -0.4 is 5.32 Å². The van der Waals surface area contributed by atoms with Crippen molar-refractivity contribution in [2.75, 3.05) is 19.6 Å². The molecule has 0 aromatic carbocycles. The molecule has 1 heterocycles. The van der Waals surface area contributed by atoms with E-state index in [1.54, 1.807) is 0 Å². The summed E-state index contributed by atoms with van der Waals surface area (Å²) in [5.41, 5.74) is 0.0838. The van der Waals surface area contributed by atoms with Crippen molar-refractivity contribution in [1.29, 1.82) is 0 Å². The third kappa shape index (κ3) is 3.70. The van der Waals surface area contributed by atoms with Crippen LogP contribution >= 0.6 is 0 Å². The monoisotopic (exact) mass is 238 g/mol. The van der Waals surface area contributed by atoms with E-state index in [1.807, 2.05) is 0 Å². The lowest BCUT2D eigenvalue weighted by atomic mass is 9.86. The summed E-state index contributed by atoms with van der Waals surface area (Å²) in [4.78, 5) is 14.3. The Morgan fingerprint density at radius 2 is 2.00 bits per heavy atom. The Bertz CT molecular complexity index is 269. The summed E-state index contributed by atoms with van der Waals surface area (Å²) in [7, 11) is 0. The minimum atomic E-state index is 0.0838. The largest absolute Gasteiger partial charge is 0.340 e. The number of amides is 1. The van der Waals surface area contributed by atoms with E-state index in [0.29, 0.717) is 11.8 Å². The van der Waals surface area contributed by atoms with Gasteiger partial charge in [0.25, 0.3) is 0 Å². The van der Waals surface area contributed by atoms with Crippen LogP contribution in [0, 0.1) is 5.92 Å². The summed E-state index contributed by atoms with van der Waals surface area (Å²) in [6.45, 7) is 7.02. The van der Waals surface area contributed by atoms with Gasteiger partial charge in [-0.25, -0.2) is 0 Å². The third-order valence-electron chi connectivity index (χ3n) is 4.11. The van der Waals surface area contributed by atoms with Gasteiger partial charge in [-0.05, 0) is 32.6 Å². The second-order valence-electron chi connectivity index (χ2n) is 6.33. The van der Waals surface area contributed by atoms with Gasteiger partial charge in [0.15, 0.2) is 0 Å². The Hall–Kier alpha value is -0.570. The molecule has 98 valence electrons. The molecule has 2 rings (SSSR count). The molecule has 3 nitrogen and oxygen atoms in total. The first-order valence-electron chi connectivity index (χ1n) is 7.10. The highest BCUT2D eigenvalue weighted by molar-refractivity contribution is 5.76. The van der Waals surface area contributed by atoms with Crippen LogP contribution in [-0.2, 0) is 4.79 Å². The average Bonchev–Trinajstić information content (AvgIpc) is 2.29. The van der Waals surface area contributed by atoms with E-state index < -0.39 is 0 Å². The molecule has 1 aliphatic carbocycles. The Balaban J connectivity index is 1.82. The quantitative estimate of drug-likeness (QED) is 0.799. The van der Waals surface area contributed by atoms with E-state index >= 15 is 0 Å². The van der Waals surface area contributed by atoms with Gasteiger partial charge in [0.2, 0.25) is 5.91 Å². The Morgan fingerprint density at radius 1 is 1.29 bits per heavy atom. The molecule has 1 saturated carbocycles. The number of piperazine rings is 1. The predicted molar refractivity (Wildman–Crippen MR) is 69.9 cm³/mol.